The van der Waals surface area contributed by atoms with E-state index in [1.165, 1.54) is 0 Å². The average Bonchev–Trinajstić information content (AvgIpc) is 2.89. The normalized spacial score (nSPS) is 11.3. The van der Waals surface area contributed by atoms with Gasteiger partial charge in [-0.1, -0.05) is 23.7 Å². The minimum atomic E-state index is 0.689. The van der Waals surface area contributed by atoms with E-state index < -0.39 is 0 Å². The third kappa shape index (κ3) is 1.87. The van der Waals surface area contributed by atoms with Crippen molar-refractivity contribution >= 4 is 33.4 Å². The van der Waals surface area contributed by atoms with Gasteiger partial charge in [0.2, 0.25) is 0 Å². The summed E-state index contributed by atoms with van der Waals surface area (Å²) in [4.78, 5) is 9.18. The molecule has 3 heterocycles. The Morgan fingerprint density at radius 2 is 2.00 bits per heavy atom. The second kappa shape index (κ2) is 4.53. The Balaban J connectivity index is 2.20. The van der Waals surface area contributed by atoms with E-state index in [9.17, 15) is 0 Å². The Bertz CT molecular complexity index is 960. The maximum atomic E-state index is 6.15. The number of halogens is 1. The minimum Gasteiger partial charge on any atom is -0.275 e. The fourth-order valence-corrected chi connectivity index (χ4v) is 2.72. The van der Waals surface area contributed by atoms with Crippen LogP contribution in [0.2, 0.25) is 5.02 Å². The highest BCUT2D eigenvalue weighted by atomic mass is 35.5. The zero-order valence-electron chi connectivity index (χ0n) is 11.3. The number of hydrogen-bond acceptors (Lipinski definition) is 3. The van der Waals surface area contributed by atoms with Gasteiger partial charge in [0, 0.05) is 22.0 Å². The second-order valence-electron chi connectivity index (χ2n) is 4.90. The van der Waals surface area contributed by atoms with Crippen molar-refractivity contribution in [2.45, 2.75) is 6.92 Å². The summed E-state index contributed by atoms with van der Waals surface area (Å²) in [6.07, 6.45) is 1.77. The first-order chi connectivity index (χ1) is 10.2. The van der Waals surface area contributed by atoms with Crippen LogP contribution in [0.5, 0.6) is 0 Å². The third-order valence-corrected chi connectivity index (χ3v) is 3.79. The Morgan fingerprint density at radius 3 is 2.81 bits per heavy atom. The molecule has 1 N–H and O–H groups in total. The molecule has 0 aliphatic carbocycles. The van der Waals surface area contributed by atoms with Crippen LogP contribution in [0.4, 0.5) is 0 Å². The molecule has 0 unspecified atom stereocenters. The standard InChI is InChI=1S/C16H11ClN4/c1-9-14-16(21-20-9)12-8-10(17)5-6-11(12)15(19-14)13-4-2-3-7-18-13/h2-8H,1H3,(H,20,21). The van der Waals surface area contributed by atoms with Crippen LogP contribution in [0.15, 0.2) is 42.6 Å². The summed E-state index contributed by atoms with van der Waals surface area (Å²) in [6.45, 7) is 1.93. The summed E-state index contributed by atoms with van der Waals surface area (Å²) in [5.74, 6) is 0. The summed E-state index contributed by atoms with van der Waals surface area (Å²) < 4.78 is 0. The number of nitrogens with zero attached hydrogens (tertiary/aromatic N) is 3. The van der Waals surface area contributed by atoms with Crippen molar-refractivity contribution < 1.29 is 0 Å². The van der Waals surface area contributed by atoms with Crippen LogP contribution in [0.3, 0.4) is 0 Å². The monoisotopic (exact) mass is 294 g/mol. The smallest absolute Gasteiger partial charge is 0.112 e. The number of nitrogens with one attached hydrogen (secondary N) is 1. The van der Waals surface area contributed by atoms with Gasteiger partial charge in [-0.05, 0) is 31.2 Å². The fraction of sp³-hybridized carbons (Fsp3) is 0.0625. The molecule has 0 radical (unpaired) electrons. The molecule has 0 saturated carbocycles. The van der Waals surface area contributed by atoms with Crippen LogP contribution < -0.4 is 0 Å². The molecule has 0 saturated heterocycles. The van der Waals surface area contributed by atoms with Crippen molar-refractivity contribution in [1.82, 2.24) is 20.2 Å². The predicted octanol–water partition coefficient (Wildman–Crippen LogP) is 4.13. The zero-order chi connectivity index (χ0) is 14.4. The van der Waals surface area contributed by atoms with Gasteiger partial charge in [-0.3, -0.25) is 10.1 Å². The minimum absolute atomic E-state index is 0.689. The van der Waals surface area contributed by atoms with Crippen molar-refractivity contribution in [3.63, 3.8) is 0 Å². The molecule has 0 aliphatic heterocycles. The number of aryl methyl sites for hydroxylation is 1. The van der Waals surface area contributed by atoms with E-state index in [2.05, 4.69) is 15.2 Å². The summed E-state index contributed by atoms with van der Waals surface area (Å²) in [5, 5.41) is 10.0. The number of benzene rings is 1. The van der Waals surface area contributed by atoms with Crippen LogP contribution in [0.1, 0.15) is 5.69 Å². The summed E-state index contributed by atoms with van der Waals surface area (Å²) in [6, 6.07) is 11.6. The molecule has 4 rings (SSSR count). The van der Waals surface area contributed by atoms with Gasteiger partial charge in [0.1, 0.15) is 5.52 Å². The van der Waals surface area contributed by atoms with Crippen molar-refractivity contribution in [2.75, 3.05) is 0 Å². The highest BCUT2D eigenvalue weighted by Crippen LogP contribution is 2.32. The highest BCUT2D eigenvalue weighted by Gasteiger charge is 2.14. The molecule has 3 aromatic heterocycles. The topological polar surface area (TPSA) is 54.5 Å². The first kappa shape index (κ1) is 12.3. The highest BCUT2D eigenvalue weighted by molar-refractivity contribution is 6.32. The molecule has 5 heteroatoms. The molecule has 0 bridgehead atoms. The lowest BCUT2D eigenvalue weighted by molar-refractivity contribution is 1.07. The molecule has 0 atom stereocenters. The van der Waals surface area contributed by atoms with Crippen LogP contribution in [-0.4, -0.2) is 20.2 Å². The van der Waals surface area contributed by atoms with E-state index in [0.717, 1.165) is 38.9 Å². The maximum Gasteiger partial charge on any atom is 0.112 e. The van der Waals surface area contributed by atoms with Crippen LogP contribution in [0.25, 0.3) is 33.2 Å². The zero-order valence-corrected chi connectivity index (χ0v) is 12.0. The van der Waals surface area contributed by atoms with E-state index in [4.69, 9.17) is 16.6 Å². The van der Waals surface area contributed by atoms with Crippen molar-refractivity contribution in [2.24, 2.45) is 0 Å². The van der Waals surface area contributed by atoms with E-state index in [1.54, 1.807) is 6.20 Å². The van der Waals surface area contributed by atoms with Crippen molar-refractivity contribution in [3.8, 4) is 11.4 Å². The second-order valence-corrected chi connectivity index (χ2v) is 5.33. The Morgan fingerprint density at radius 1 is 1.10 bits per heavy atom. The van der Waals surface area contributed by atoms with Gasteiger partial charge in [0.05, 0.1) is 22.6 Å². The first-order valence-electron chi connectivity index (χ1n) is 6.59. The molecule has 4 aromatic rings. The van der Waals surface area contributed by atoms with Gasteiger partial charge in [0.15, 0.2) is 0 Å². The first-order valence-corrected chi connectivity index (χ1v) is 6.97. The molecule has 21 heavy (non-hydrogen) atoms. The van der Waals surface area contributed by atoms with E-state index in [1.807, 2.05) is 43.3 Å². The van der Waals surface area contributed by atoms with Gasteiger partial charge in [-0.2, -0.15) is 5.10 Å². The van der Waals surface area contributed by atoms with Gasteiger partial charge >= 0.3 is 0 Å². The number of pyridine rings is 2. The molecular weight excluding hydrogens is 284 g/mol. The summed E-state index contributed by atoms with van der Waals surface area (Å²) in [7, 11) is 0. The lowest BCUT2D eigenvalue weighted by atomic mass is 10.1. The van der Waals surface area contributed by atoms with Crippen molar-refractivity contribution in [1.29, 1.82) is 0 Å². The van der Waals surface area contributed by atoms with E-state index >= 15 is 0 Å². The Kier molecular flexibility index (Phi) is 2.65. The van der Waals surface area contributed by atoms with Crippen LogP contribution in [-0.2, 0) is 0 Å². The molecule has 1 aromatic carbocycles. The number of hydrogen-bond donors (Lipinski definition) is 1. The molecule has 4 nitrogen and oxygen atoms in total. The lowest BCUT2D eigenvalue weighted by Gasteiger charge is -2.07. The Labute approximate surface area is 125 Å². The molecule has 102 valence electrons. The molecule has 0 aliphatic rings. The predicted molar refractivity (Wildman–Crippen MR) is 84.4 cm³/mol. The fourth-order valence-electron chi connectivity index (χ4n) is 2.55. The van der Waals surface area contributed by atoms with Gasteiger partial charge in [0.25, 0.3) is 0 Å². The maximum absolute atomic E-state index is 6.15. The van der Waals surface area contributed by atoms with Crippen molar-refractivity contribution in [3.05, 3.63) is 53.3 Å². The third-order valence-electron chi connectivity index (χ3n) is 3.55. The van der Waals surface area contributed by atoms with Crippen LogP contribution >= 0.6 is 11.6 Å². The summed E-state index contributed by atoms with van der Waals surface area (Å²) in [5.41, 5.74) is 4.31. The van der Waals surface area contributed by atoms with Gasteiger partial charge < -0.3 is 0 Å². The molecule has 0 fully saturated rings. The molecule has 0 amide bonds. The van der Waals surface area contributed by atoms with E-state index in [0.29, 0.717) is 5.02 Å². The average molecular weight is 295 g/mol. The largest absolute Gasteiger partial charge is 0.275 e. The molecule has 0 spiro atoms. The lowest BCUT2D eigenvalue weighted by Crippen LogP contribution is -1.91. The van der Waals surface area contributed by atoms with Gasteiger partial charge in [-0.25, -0.2) is 4.98 Å². The number of rotatable bonds is 1. The van der Waals surface area contributed by atoms with Gasteiger partial charge in [-0.15, -0.1) is 0 Å². The number of aromatic amines is 1. The number of aromatic nitrogens is 4. The Hall–Kier alpha value is -2.46. The number of H-pyrrole nitrogens is 1. The quantitative estimate of drug-likeness (QED) is 0.574. The van der Waals surface area contributed by atoms with E-state index in [-0.39, 0.29) is 0 Å². The SMILES string of the molecule is Cc1n[nH]c2c1nc(-c1ccccn1)c1ccc(Cl)cc12. The van der Waals surface area contributed by atoms with Crippen LogP contribution in [0, 0.1) is 6.92 Å². The molecular formula is C16H11ClN4. The number of fused-ring (bicyclic) bond motifs is 3. The summed E-state index contributed by atoms with van der Waals surface area (Å²) >= 11 is 6.15.